The fraction of sp³-hybridized carbons (Fsp3) is 0.127. The average molecular weight is 859 g/mol. The molecular weight excluding hydrogens is 813 g/mol. The number of benzene rings is 9. The van der Waals surface area contributed by atoms with Gasteiger partial charge in [-0.2, -0.15) is 0 Å². The summed E-state index contributed by atoms with van der Waals surface area (Å²) in [5.41, 5.74) is 16.8. The molecule has 6 heterocycles. The van der Waals surface area contributed by atoms with Crippen molar-refractivity contribution >= 4 is 120 Å². The van der Waals surface area contributed by atoms with Crippen LogP contribution in [0.4, 0.5) is 0 Å². The molecule has 9 aromatic carbocycles. The lowest BCUT2D eigenvalue weighted by molar-refractivity contribution is 0.590. The number of nitrogens with zero attached hydrogens (tertiary/aromatic N) is 4. The third-order valence-corrected chi connectivity index (χ3v) is 15.3. The molecule has 4 heteroatoms. The van der Waals surface area contributed by atoms with Gasteiger partial charge in [-0.25, -0.2) is 4.98 Å². The predicted octanol–water partition coefficient (Wildman–Crippen LogP) is 17.0. The molecule has 0 spiro atoms. The molecular formula is C63H46N4. The molecule has 0 N–H and O–H groups in total. The minimum absolute atomic E-state index is 0.0306. The average Bonchev–Trinajstić information content (AvgIpc) is 4.12. The summed E-state index contributed by atoms with van der Waals surface area (Å²) in [4.78, 5) is 5.90. The van der Waals surface area contributed by atoms with E-state index < -0.39 is 0 Å². The minimum Gasteiger partial charge on any atom is -0.309 e. The maximum absolute atomic E-state index is 5.90. The van der Waals surface area contributed by atoms with Crippen LogP contribution in [0.3, 0.4) is 0 Å². The van der Waals surface area contributed by atoms with Gasteiger partial charge >= 0.3 is 0 Å². The molecule has 0 aliphatic rings. The van der Waals surface area contributed by atoms with Gasteiger partial charge in [0.25, 0.3) is 0 Å². The molecule has 0 saturated heterocycles. The molecule has 0 unspecified atom stereocenters. The molecule has 0 bridgehead atoms. The second-order valence-electron chi connectivity index (χ2n) is 21.2. The zero-order valence-electron chi connectivity index (χ0n) is 38.5. The van der Waals surface area contributed by atoms with Crippen LogP contribution in [0.1, 0.15) is 52.7 Å². The Hall–Kier alpha value is -7.95. The summed E-state index contributed by atoms with van der Waals surface area (Å²) >= 11 is 0. The quantitative estimate of drug-likeness (QED) is 0.170. The smallest absolute Gasteiger partial charge is 0.146 e. The molecule has 67 heavy (non-hydrogen) atoms. The first-order chi connectivity index (χ1) is 32.5. The van der Waals surface area contributed by atoms with E-state index in [2.05, 4.69) is 225 Å². The third kappa shape index (κ3) is 4.79. The lowest BCUT2D eigenvalue weighted by Crippen LogP contribution is -2.11. The number of fused-ring (bicyclic) bond motifs is 19. The topological polar surface area (TPSA) is 26.6 Å². The highest BCUT2D eigenvalue weighted by Crippen LogP contribution is 2.50. The van der Waals surface area contributed by atoms with E-state index in [9.17, 15) is 0 Å². The van der Waals surface area contributed by atoms with Crippen LogP contribution in [-0.4, -0.2) is 18.4 Å². The van der Waals surface area contributed by atoms with E-state index >= 15 is 0 Å². The highest BCUT2D eigenvalue weighted by atomic mass is 15.0. The van der Waals surface area contributed by atoms with E-state index in [1.807, 2.05) is 0 Å². The Balaban J connectivity index is 1.13. The summed E-state index contributed by atoms with van der Waals surface area (Å²) in [7, 11) is 0. The second kappa shape index (κ2) is 12.5. The fourth-order valence-electron chi connectivity index (χ4n) is 12.1. The zero-order chi connectivity index (χ0) is 44.8. The van der Waals surface area contributed by atoms with Crippen LogP contribution in [-0.2, 0) is 10.8 Å². The number of para-hydroxylation sites is 2. The molecule has 0 amide bonds. The molecule has 0 aliphatic carbocycles. The molecule has 6 aromatic heterocycles. The Morgan fingerprint density at radius 2 is 0.970 bits per heavy atom. The van der Waals surface area contributed by atoms with Crippen molar-refractivity contribution < 1.29 is 0 Å². The Morgan fingerprint density at radius 1 is 0.373 bits per heavy atom. The maximum Gasteiger partial charge on any atom is 0.146 e. The van der Waals surface area contributed by atoms with E-state index in [0.29, 0.717) is 0 Å². The fourth-order valence-corrected chi connectivity index (χ4v) is 12.1. The predicted molar refractivity (Wildman–Crippen MR) is 286 cm³/mol. The van der Waals surface area contributed by atoms with Crippen LogP contribution in [0.5, 0.6) is 0 Å². The van der Waals surface area contributed by atoms with Gasteiger partial charge < -0.3 is 8.97 Å². The van der Waals surface area contributed by atoms with Crippen molar-refractivity contribution in [3.63, 3.8) is 0 Å². The first-order valence-corrected chi connectivity index (χ1v) is 23.7. The van der Waals surface area contributed by atoms with Crippen LogP contribution in [0.15, 0.2) is 170 Å². The Kier molecular flexibility index (Phi) is 6.94. The Morgan fingerprint density at radius 3 is 1.72 bits per heavy atom. The van der Waals surface area contributed by atoms with E-state index in [4.69, 9.17) is 4.98 Å². The van der Waals surface area contributed by atoms with Crippen LogP contribution in [0, 0.1) is 0 Å². The van der Waals surface area contributed by atoms with Crippen molar-refractivity contribution in [1.82, 2.24) is 18.4 Å². The van der Waals surface area contributed by atoms with Crippen molar-refractivity contribution in [2.24, 2.45) is 0 Å². The van der Waals surface area contributed by atoms with Crippen LogP contribution in [0.25, 0.3) is 137 Å². The number of hydrogen-bond donors (Lipinski definition) is 0. The molecule has 0 fully saturated rings. The van der Waals surface area contributed by atoms with Crippen LogP contribution < -0.4 is 0 Å². The maximum atomic E-state index is 5.90. The lowest BCUT2D eigenvalue weighted by Gasteiger charge is -2.20. The van der Waals surface area contributed by atoms with E-state index in [1.165, 1.54) is 125 Å². The van der Waals surface area contributed by atoms with E-state index in [-0.39, 0.29) is 10.8 Å². The summed E-state index contributed by atoms with van der Waals surface area (Å²) < 4.78 is 7.48. The first kappa shape index (κ1) is 37.3. The highest BCUT2D eigenvalue weighted by Gasteiger charge is 2.29. The van der Waals surface area contributed by atoms with Crippen molar-refractivity contribution in [1.29, 1.82) is 0 Å². The normalized spacial score (nSPS) is 13.2. The molecule has 0 radical (unpaired) electrons. The molecule has 15 rings (SSSR count). The van der Waals surface area contributed by atoms with Gasteiger partial charge in [0, 0.05) is 59.7 Å². The summed E-state index contributed by atoms with van der Waals surface area (Å²) in [5.74, 6) is 0. The largest absolute Gasteiger partial charge is 0.309 e. The Bertz CT molecular complexity index is 4620. The van der Waals surface area contributed by atoms with Gasteiger partial charge in [0.2, 0.25) is 0 Å². The molecule has 4 nitrogen and oxygen atoms in total. The van der Waals surface area contributed by atoms with Crippen molar-refractivity contribution in [3.05, 3.63) is 181 Å². The van der Waals surface area contributed by atoms with Gasteiger partial charge in [0.1, 0.15) is 5.65 Å². The lowest BCUT2D eigenvalue weighted by atomic mass is 9.84. The number of pyridine rings is 1. The molecule has 0 atom stereocenters. The molecule has 0 aliphatic heterocycles. The van der Waals surface area contributed by atoms with Crippen LogP contribution in [0.2, 0.25) is 0 Å². The van der Waals surface area contributed by atoms with Gasteiger partial charge in [-0.3, -0.25) is 4.40 Å². The summed E-state index contributed by atoms with van der Waals surface area (Å²) in [6.07, 6.45) is 0. The number of hydrogen-bond acceptors (Lipinski definition) is 1. The number of aromatic nitrogens is 4. The molecule has 0 saturated carbocycles. The third-order valence-electron chi connectivity index (χ3n) is 15.3. The van der Waals surface area contributed by atoms with Crippen LogP contribution >= 0.6 is 0 Å². The minimum atomic E-state index is -0.0444. The van der Waals surface area contributed by atoms with Crippen molar-refractivity contribution in [2.75, 3.05) is 0 Å². The molecule has 318 valence electrons. The first-order valence-electron chi connectivity index (χ1n) is 23.7. The summed E-state index contributed by atoms with van der Waals surface area (Å²) in [5, 5.41) is 16.3. The van der Waals surface area contributed by atoms with Gasteiger partial charge in [0.15, 0.2) is 0 Å². The van der Waals surface area contributed by atoms with Gasteiger partial charge in [-0.1, -0.05) is 139 Å². The van der Waals surface area contributed by atoms with Gasteiger partial charge in [0.05, 0.1) is 44.1 Å². The van der Waals surface area contributed by atoms with E-state index in [1.54, 1.807) is 0 Å². The number of rotatable bonds is 2. The van der Waals surface area contributed by atoms with Gasteiger partial charge in [-0.05, 0) is 122 Å². The second-order valence-corrected chi connectivity index (χ2v) is 21.2. The summed E-state index contributed by atoms with van der Waals surface area (Å²) in [6.45, 7) is 13.9. The SMILES string of the molecule is CC(C)(C)c1ccc2c(c1)c1cc(C(C)(C)C)cc3c4cc5c(nc4n2c13)c1cc2ccccc2c2c3c4ccccc4cc(-c4ccc6c(c4)c4ccccc4n6-c4ccccc4)c3n5c12. The zero-order valence-corrected chi connectivity index (χ0v) is 38.5. The van der Waals surface area contributed by atoms with E-state index in [0.717, 1.165) is 22.4 Å². The van der Waals surface area contributed by atoms with Crippen molar-refractivity contribution in [2.45, 2.75) is 52.4 Å². The van der Waals surface area contributed by atoms with Crippen molar-refractivity contribution in [3.8, 4) is 16.8 Å². The highest BCUT2D eigenvalue weighted by molar-refractivity contribution is 6.37. The molecule has 15 aromatic rings. The summed E-state index contributed by atoms with van der Waals surface area (Å²) in [6, 6.07) is 64.1. The standard InChI is InChI=1S/C63H46N4/c1-62(2,3)38-25-27-53-46(31-38)47-32-39(63(4,5)6)33-48-49-34-54-57(64-61(49)67(53)58(47)48)50-30-36-17-11-13-21-42(36)56-55-41-20-12-10-16-35(41)28-44(59(55)66(54)60(50)56)37-24-26-52-45(29-37)43-22-14-15-23-51(43)65(52)40-18-8-7-9-19-40/h7-34H,1-6H3. The Labute approximate surface area is 386 Å². The van der Waals surface area contributed by atoms with Gasteiger partial charge in [-0.15, -0.1) is 0 Å². The monoisotopic (exact) mass is 858 g/mol.